The predicted molar refractivity (Wildman–Crippen MR) is 104 cm³/mol. The Hall–Kier alpha value is -3.47. The number of methoxy groups -OCH3 is 1. The summed E-state index contributed by atoms with van der Waals surface area (Å²) in [4.78, 5) is 11.7. The predicted octanol–water partition coefficient (Wildman–Crippen LogP) is 1.86. The van der Waals surface area contributed by atoms with Gasteiger partial charge in [-0.3, -0.25) is 4.72 Å². The number of carbonyl (C=O) groups is 1. The maximum atomic E-state index is 13.0. The van der Waals surface area contributed by atoms with Crippen molar-refractivity contribution in [2.75, 3.05) is 18.4 Å². The molecular formula is C18H19N5O5S. The van der Waals surface area contributed by atoms with Gasteiger partial charge in [-0.25, -0.2) is 17.9 Å². The van der Waals surface area contributed by atoms with Crippen molar-refractivity contribution in [3.63, 3.8) is 0 Å². The minimum Gasteiger partial charge on any atom is -0.495 e. The molecule has 0 fully saturated rings. The van der Waals surface area contributed by atoms with Crippen LogP contribution in [0.1, 0.15) is 17.3 Å². The summed E-state index contributed by atoms with van der Waals surface area (Å²) in [6, 6.07) is 10.5. The molecule has 0 radical (unpaired) electrons. The number of anilines is 1. The largest absolute Gasteiger partial charge is 0.495 e. The van der Waals surface area contributed by atoms with Gasteiger partial charge in [0.2, 0.25) is 0 Å². The van der Waals surface area contributed by atoms with Gasteiger partial charge in [0, 0.05) is 18.3 Å². The third-order valence-corrected chi connectivity index (χ3v) is 5.38. The van der Waals surface area contributed by atoms with E-state index in [0.29, 0.717) is 17.0 Å². The van der Waals surface area contributed by atoms with E-state index in [9.17, 15) is 13.2 Å². The van der Waals surface area contributed by atoms with Gasteiger partial charge in [0.25, 0.3) is 10.0 Å². The van der Waals surface area contributed by atoms with Crippen LogP contribution in [0.5, 0.6) is 5.75 Å². The molecule has 29 heavy (non-hydrogen) atoms. The minimum atomic E-state index is -3.99. The summed E-state index contributed by atoms with van der Waals surface area (Å²) in [7, 11) is -0.964. The van der Waals surface area contributed by atoms with Crippen molar-refractivity contribution in [3.05, 3.63) is 48.0 Å². The lowest BCUT2D eigenvalue weighted by Gasteiger charge is -2.13. The van der Waals surface area contributed by atoms with Crippen LogP contribution in [0.15, 0.2) is 47.4 Å². The Labute approximate surface area is 167 Å². The molecule has 10 nitrogen and oxygen atoms in total. The van der Waals surface area contributed by atoms with Gasteiger partial charge in [-0.2, -0.15) is 0 Å². The highest BCUT2D eigenvalue weighted by Crippen LogP contribution is 2.30. The molecule has 152 valence electrons. The molecule has 0 saturated heterocycles. The van der Waals surface area contributed by atoms with Gasteiger partial charge in [0.1, 0.15) is 10.6 Å². The highest BCUT2D eigenvalue weighted by atomic mass is 32.2. The molecule has 0 amide bonds. The number of aryl methyl sites for hydroxylation is 1. The molecule has 3 rings (SSSR count). The number of hydrogen-bond donors (Lipinski definition) is 1. The Morgan fingerprint density at radius 3 is 2.48 bits per heavy atom. The van der Waals surface area contributed by atoms with Gasteiger partial charge in [-0.05, 0) is 59.8 Å². The van der Waals surface area contributed by atoms with Gasteiger partial charge in [0.05, 0.1) is 19.3 Å². The highest BCUT2D eigenvalue weighted by molar-refractivity contribution is 7.92. The maximum absolute atomic E-state index is 13.0. The van der Waals surface area contributed by atoms with E-state index in [1.807, 2.05) is 0 Å². The number of carbonyl (C=O) groups excluding carboxylic acids is 1. The molecule has 0 atom stereocenters. The van der Waals surface area contributed by atoms with Gasteiger partial charge in [-0.1, -0.05) is 0 Å². The molecule has 0 spiro atoms. The lowest BCUT2D eigenvalue weighted by Crippen LogP contribution is -2.14. The molecule has 0 bridgehead atoms. The van der Waals surface area contributed by atoms with Crippen LogP contribution in [-0.4, -0.2) is 48.3 Å². The zero-order valence-corrected chi connectivity index (χ0v) is 16.8. The molecule has 3 aromatic rings. The molecule has 1 heterocycles. The average molecular weight is 417 g/mol. The maximum Gasteiger partial charge on any atom is 0.338 e. The van der Waals surface area contributed by atoms with Gasteiger partial charge in [-0.15, -0.1) is 5.10 Å². The van der Waals surface area contributed by atoms with Crippen LogP contribution >= 0.6 is 0 Å². The number of aromatic nitrogens is 4. The Morgan fingerprint density at radius 2 is 1.90 bits per heavy atom. The quantitative estimate of drug-likeness (QED) is 0.578. The number of esters is 1. The van der Waals surface area contributed by atoms with E-state index < -0.39 is 16.0 Å². The zero-order chi connectivity index (χ0) is 21.0. The van der Waals surface area contributed by atoms with Crippen LogP contribution in [0.4, 0.5) is 5.69 Å². The van der Waals surface area contributed by atoms with E-state index in [1.54, 1.807) is 20.0 Å². The average Bonchev–Trinajstić information content (AvgIpc) is 3.14. The summed E-state index contributed by atoms with van der Waals surface area (Å²) in [5.41, 5.74) is 1.12. The Kier molecular flexibility index (Phi) is 5.78. The van der Waals surface area contributed by atoms with Crippen molar-refractivity contribution >= 4 is 21.7 Å². The van der Waals surface area contributed by atoms with E-state index in [-0.39, 0.29) is 22.9 Å². The summed E-state index contributed by atoms with van der Waals surface area (Å²) in [5.74, 6) is 0.0935. The van der Waals surface area contributed by atoms with Gasteiger partial charge >= 0.3 is 5.97 Å². The van der Waals surface area contributed by atoms with Crippen LogP contribution in [-0.2, 0) is 21.8 Å². The molecule has 0 saturated carbocycles. The molecule has 11 heteroatoms. The zero-order valence-electron chi connectivity index (χ0n) is 16.0. The molecule has 0 unspecified atom stereocenters. The molecule has 1 aromatic heterocycles. The van der Waals surface area contributed by atoms with E-state index in [0.717, 1.165) is 0 Å². The molecule has 2 aromatic carbocycles. The fraction of sp³-hybridized carbons (Fsp3) is 0.222. The SMILES string of the molecule is CCOC(=O)c1ccc(NS(=O)(=O)c2cc(-c3nnnn3C)ccc2OC)cc1. The van der Waals surface area contributed by atoms with Crippen LogP contribution in [0.3, 0.4) is 0 Å². The van der Waals surface area contributed by atoms with Crippen molar-refractivity contribution in [2.45, 2.75) is 11.8 Å². The minimum absolute atomic E-state index is 0.0741. The summed E-state index contributed by atoms with van der Waals surface area (Å²) in [5, 5.41) is 11.2. The van der Waals surface area contributed by atoms with Gasteiger partial charge < -0.3 is 9.47 Å². The first-order chi connectivity index (χ1) is 13.9. The van der Waals surface area contributed by atoms with E-state index in [4.69, 9.17) is 9.47 Å². The molecule has 0 aliphatic carbocycles. The monoisotopic (exact) mass is 417 g/mol. The first kappa shape index (κ1) is 20.3. The van der Waals surface area contributed by atoms with Crippen LogP contribution in [0, 0.1) is 0 Å². The van der Waals surface area contributed by atoms with E-state index in [1.165, 1.54) is 48.2 Å². The molecule has 0 aliphatic heterocycles. The fourth-order valence-corrected chi connectivity index (χ4v) is 3.85. The topological polar surface area (TPSA) is 125 Å². The van der Waals surface area contributed by atoms with E-state index in [2.05, 4.69) is 20.2 Å². The first-order valence-corrected chi connectivity index (χ1v) is 10.0. The van der Waals surface area contributed by atoms with Gasteiger partial charge in [0.15, 0.2) is 5.82 Å². The second kappa shape index (κ2) is 8.27. The summed E-state index contributed by atoms with van der Waals surface area (Å²) in [6.07, 6.45) is 0. The van der Waals surface area contributed by atoms with Crippen molar-refractivity contribution < 1.29 is 22.7 Å². The number of tetrazole rings is 1. The van der Waals surface area contributed by atoms with Crippen molar-refractivity contribution in [1.29, 1.82) is 0 Å². The number of nitrogens with one attached hydrogen (secondary N) is 1. The number of hydrogen-bond acceptors (Lipinski definition) is 8. The smallest absolute Gasteiger partial charge is 0.338 e. The Balaban J connectivity index is 1.92. The van der Waals surface area contributed by atoms with Crippen LogP contribution in [0.2, 0.25) is 0 Å². The summed E-state index contributed by atoms with van der Waals surface area (Å²) in [6.45, 7) is 1.96. The third kappa shape index (κ3) is 4.35. The highest BCUT2D eigenvalue weighted by Gasteiger charge is 2.22. The van der Waals surface area contributed by atoms with Crippen LogP contribution in [0.25, 0.3) is 11.4 Å². The van der Waals surface area contributed by atoms with Crippen molar-refractivity contribution in [2.24, 2.45) is 7.05 Å². The number of benzene rings is 2. The van der Waals surface area contributed by atoms with Crippen molar-refractivity contribution in [1.82, 2.24) is 20.2 Å². The summed E-state index contributed by atoms with van der Waals surface area (Å²) >= 11 is 0. The Bertz CT molecular complexity index is 1130. The Morgan fingerprint density at radius 1 is 1.17 bits per heavy atom. The lowest BCUT2D eigenvalue weighted by molar-refractivity contribution is 0.0526. The second-order valence-corrected chi connectivity index (χ2v) is 7.55. The number of rotatable bonds is 7. The normalized spacial score (nSPS) is 11.1. The number of sulfonamides is 1. The fourth-order valence-electron chi connectivity index (χ4n) is 2.60. The molecule has 1 N–H and O–H groups in total. The number of nitrogens with zero attached hydrogens (tertiary/aromatic N) is 4. The molecular weight excluding hydrogens is 398 g/mol. The van der Waals surface area contributed by atoms with Crippen LogP contribution < -0.4 is 9.46 Å². The standard InChI is InChI=1S/C18H19N5O5S/c1-4-28-18(24)12-5-8-14(9-6-12)20-29(25,26)16-11-13(7-10-15(16)27-3)17-19-21-22-23(17)2/h5-11,20H,4H2,1-3H3. The second-order valence-electron chi connectivity index (χ2n) is 5.90. The lowest BCUT2D eigenvalue weighted by atomic mass is 10.2. The first-order valence-electron chi connectivity index (χ1n) is 8.56. The van der Waals surface area contributed by atoms with Crippen molar-refractivity contribution in [3.8, 4) is 17.1 Å². The third-order valence-electron chi connectivity index (χ3n) is 3.98. The summed E-state index contributed by atoms with van der Waals surface area (Å²) < 4.78 is 40.0. The molecule has 0 aliphatic rings. The number of ether oxygens (including phenoxy) is 2. The van der Waals surface area contributed by atoms with E-state index >= 15 is 0 Å².